The number of aliphatic hydroxyl groups is 1. The third kappa shape index (κ3) is 2.73. The van der Waals surface area contributed by atoms with Crippen molar-refractivity contribution in [3.8, 4) is 6.07 Å². The number of hydrogen-bond donors (Lipinski definition) is 1. The van der Waals surface area contributed by atoms with Crippen molar-refractivity contribution < 1.29 is 5.11 Å². The maximum absolute atomic E-state index is 8.69. The van der Waals surface area contributed by atoms with Crippen LogP contribution < -0.4 is 0 Å². The second-order valence-electron chi connectivity index (χ2n) is 2.83. The van der Waals surface area contributed by atoms with Gasteiger partial charge in [-0.15, -0.1) is 0 Å². The Kier molecular flexibility index (Phi) is 3.24. The van der Waals surface area contributed by atoms with Gasteiger partial charge in [-0.1, -0.05) is 18.2 Å². The number of nitrogens with zero attached hydrogens (tertiary/aromatic N) is 1. The molecule has 0 heterocycles. The normalized spacial score (nSPS) is 10.2. The Bertz CT molecular complexity index is 361. The van der Waals surface area contributed by atoms with E-state index in [0.717, 1.165) is 11.1 Å². The largest absolute Gasteiger partial charge is 0.392 e. The molecule has 0 aromatic heterocycles. The van der Waals surface area contributed by atoms with E-state index in [1.807, 2.05) is 19.1 Å². The number of aryl methyl sites for hydroxylation is 1. The lowest BCUT2D eigenvalue weighted by Crippen LogP contribution is -1.81. The minimum Gasteiger partial charge on any atom is -0.392 e. The third-order valence-corrected chi connectivity index (χ3v) is 1.64. The second-order valence-corrected chi connectivity index (χ2v) is 2.83. The number of rotatable bonds is 2. The summed E-state index contributed by atoms with van der Waals surface area (Å²) in [4.78, 5) is 0. The molecule has 66 valence electrons. The summed E-state index contributed by atoms with van der Waals surface area (Å²) in [6.07, 6.45) is 3.45. The van der Waals surface area contributed by atoms with Crippen molar-refractivity contribution in [2.24, 2.45) is 0 Å². The zero-order chi connectivity index (χ0) is 9.68. The molecular weight excluding hydrogens is 162 g/mol. The second kappa shape index (κ2) is 4.44. The fraction of sp³-hybridized carbons (Fsp3) is 0.182. The van der Waals surface area contributed by atoms with Crippen molar-refractivity contribution in [3.63, 3.8) is 0 Å². The Hall–Kier alpha value is -1.59. The molecule has 0 unspecified atom stereocenters. The Morgan fingerprint density at radius 3 is 2.85 bits per heavy atom. The van der Waals surface area contributed by atoms with Crippen LogP contribution in [0.4, 0.5) is 0 Å². The Morgan fingerprint density at radius 2 is 2.23 bits per heavy atom. The van der Waals surface area contributed by atoms with Crippen LogP contribution in [0.25, 0.3) is 6.08 Å². The first-order valence-electron chi connectivity index (χ1n) is 4.05. The van der Waals surface area contributed by atoms with Gasteiger partial charge in [-0.2, -0.15) is 5.26 Å². The molecule has 0 spiro atoms. The minimum absolute atomic E-state index is 0.0236. The summed E-state index contributed by atoms with van der Waals surface area (Å²) in [6.45, 7) is 1.97. The summed E-state index contributed by atoms with van der Waals surface area (Å²) in [5, 5.41) is 17.3. The summed E-state index contributed by atoms with van der Waals surface area (Å²) in [5.41, 5.74) is 2.65. The molecule has 13 heavy (non-hydrogen) atoms. The first-order chi connectivity index (χ1) is 6.26. The van der Waals surface area contributed by atoms with Crippen LogP contribution in [-0.4, -0.2) is 11.7 Å². The highest BCUT2D eigenvalue weighted by Gasteiger charge is 1.94. The first-order valence-corrected chi connectivity index (χ1v) is 4.05. The standard InChI is InChI=1S/C11H11NO/c1-9-5-10(3-2-4-13)7-11(6-9)8-12/h2-3,5-7,13H,4H2,1H3. The van der Waals surface area contributed by atoms with Gasteiger partial charge in [0.2, 0.25) is 0 Å². The van der Waals surface area contributed by atoms with Crippen LogP contribution in [0.2, 0.25) is 0 Å². The van der Waals surface area contributed by atoms with E-state index >= 15 is 0 Å². The molecule has 0 aliphatic rings. The molecule has 0 amide bonds. The van der Waals surface area contributed by atoms with Crippen molar-refractivity contribution in [3.05, 3.63) is 41.0 Å². The lowest BCUT2D eigenvalue weighted by Gasteiger charge is -1.97. The SMILES string of the molecule is Cc1cc(C#N)cc(C=CCO)c1. The van der Waals surface area contributed by atoms with Crippen LogP contribution in [0.15, 0.2) is 24.3 Å². The fourth-order valence-corrected chi connectivity index (χ4v) is 1.16. The summed E-state index contributed by atoms with van der Waals surface area (Å²) in [6, 6.07) is 7.67. The van der Waals surface area contributed by atoms with E-state index in [1.54, 1.807) is 18.2 Å². The molecule has 1 aromatic carbocycles. The van der Waals surface area contributed by atoms with Crippen molar-refractivity contribution in [1.82, 2.24) is 0 Å². The molecule has 0 saturated carbocycles. The van der Waals surface area contributed by atoms with E-state index in [2.05, 4.69) is 6.07 Å². The Morgan fingerprint density at radius 1 is 1.46 bits per heavy atom. The molecule has 0 atom stereocenters. The molecule has 0 bridgehead atoms. The fourth-order valence-electron chi connectivity index (χ4n) is 1.16. The van der Waals surface area contributed by atoms with Crippen LogP contribution in [0, 0.1) is 18.3 Å². The van der Waals surface area contributed by atoms with Crippen molar-refractivity contribution in [2.75, 3.05) is 6.61 Å². The molecule has 0 radical (unpaired) electrons. The van der Waals surface area contributed by atoms with Gasteiger partial charge in [-0.05, 0) is 30.2 Å². The van der Waals surface area contributed by atoms with E-state index in [4.69, 9.17) is 10.4 Å². The monoisotopic (exact) mass is 173 g/mol. The Balaban J connectivity index is 3.03. The van der Waals surface area contributed by atoms with Crippen LogP contribution >= 0.6 is 0 Å². The quantitative estimate of drug-likeness (QED) is 0.742. The predicted octanol–water partition coefficient (Wildman–Crippen LogP) is 1.87. The molecule has 2 nitrogen and oxygen atoms in total. The zero-order valence-electron chi connectivity index (χ0n) is 7.49. The zero-order valence-corrected chi connectivity index (χ0v) is 7.49. The third-order valence-electron chi connectivity index (χ3n) is 1.64. The Labute approximate surface area is 77.8 Å². The maximum Gasteiger partial charge on any atom is 0.0991 e. The first kappa shape index (κ1) is 9.50. The summed E-state index contributed by atoms with van der Waals surface area (Å²) in [7, 11) is 0. The summed E-state index contributed by atoms with van der Waals surface area (Å²) < 4.78 is 0. The highest BCUT2D eigenvalue weighted by molar-refractivity contribution is 5.53. The maximum atomic E-state index is 8.69. The van der Waals surface area contributed by atoms with Gasteiger partial charge in [0.05, 0.1) is 18.2 Å². The molecule has 1 aromatic rings. The van der Waals surface area contributed by atoms with Crippen LogP contribution in [0.1, 0.15) is 16.7 Å². The molecule has 0 fully saturated rings. The number of aliphatic hydroxyl groups excluding tert-OH is 1. The highest BCUT2D eigenvalue weighted by Crippen LogP contribution is 2.10. The molecule has 0 saturated heterocycles. The van der Waals surface area contributed by atoms with Gasteiger partial charge >= 0.3 is 0 Å². The number of hydrogen-bond acceptors (Lipinski definition) is 2. The molecule has 0 aliphatic carbocycles. The average Bonchev–Trinajstić information content (AvgIpc) is 2.14. The smallest absolute Gasteiger partial charge is 0.0991 e. The topological polar surface area (TPSA) is 44.0 Å². The molecule has 1 rings (SSSR count). The van der Waals surface area contributed by atoms with Crippen LogP contribution in [0.5, 0.6) is 0 Å². The van der Waals surface area contributed by atoms with Gasteiger partial charge in [0, 0.05) is 0 Å². The lowest BCUT2D eigenvalue weighted by atomic mass is 10.1. The van der Waals surface area contributed by atoms with Gasteiger partial charge in [0.15, 0.2) is 0 Å². The van der Waals surface area contributed by atoms with Gasteiger partial charge < -0.3 is 5.11 Å². The summed E-state index contributed by atoms with van der Waals surface area (Å²) in [5.74, 6) is 0. The van der Waals surface area contributed by atoms with Crippen LogP contribution in [-0.2, 0) is 0 Å². The molecule has 2 heteroatoms. The van der Waals surface area contributed by atoms with E-state index in [0.29, 0.717) is 5.56 Å². The van der Waals surface area contributed by atoms with Gasteiger partial charge in [-0.25, -0.2) is 0 Å². The molecular formula is C11H11NO. The van der Waals surface area contributed by atoms with Crippen molar-refractivity contribution in [1.29, 1.82) is 5.26 Å². The van der Waals surface area contributed by atoms with Gasteiger partial charge in [0.1, 0.15) is 0 Å². The van der Waals surface area contributed by atoms with E-state index in [1.165, 1.54) is 0 Å². The minimum atomic E-state index is 0.0236. The highest BCUT2D eigenvalue weighted by atomic mass is 16.2. The van der Waals surface area contributed by atoms with Gasteiger partial charge in [-0.3, -0.25) is 0 Å². The number of nitriles is 1. The lowest BCUT2D eigenvalue weighted by molar-refractivity contribution is 0.343. The predicted molar refractivity (Wildman–Crippen MR) is 52.0 cm³/mol. The van der Waals surface area contributed by atoms with E-state index < -0.39 is 0 Å². The number of benzene rings is 1. The van der Waals surface area contributed by atoms with E-state index in [-0.39, 0.29) is 6.61 Å². The van der Waals surface area contributed by atoms with Crippen molar-refractivity contribution >= 4 is 6.08 Å². The average molecular weight is 173 g/mol. The van der Waals surface area contributed by atoms with Crippen LogP contribution in [0.3, 0.4) is 0 Å². The van der Waals surface area contributed by atoms with E-state index in [9.17, 15) is 0 Å². The summed E-state index contributed by atoms with van der Waals surface area (Å²) >= 11 is 0. The molecule has 1 N–H and O–H groups in total. The molecule has 0 aliphatic heterocycles. The van der Waals surface area contributed by atoms with Gasteiger partial charge in [0.25, 0.3) is 0 Å². The van der Waals surface area contributed by atoms with Crippen molar-refractivity contribution in [2.45, 2.75) is 6.92 Å².